The Bertz CT molecular complexity index is 1370. The van der Waals surface area contributed by atoms with Crippen LogP contribution in [0.15, 0.2) is 61.2 Å². The van der Waals surface area contributed by atoms with Gasteiger partial charge in [0.15, 0.2) is 0 Å². The minimum absolute atomic E-state index is 0.0752. The predicted octanol–water partition coefficient (Wildman–Crippen LogP) is 4.83. The maximum Gasteiger partial charge on any atom is 0.241 e. The minimum atomic E-state index is -0.563. The molecule has 0 radical (unpaired) electrons. The Balaban J connectivity index is 1.35. The quantitative estimate of drug-likeness (QED) is 0.339. The lowest BCUT2D eigenvalue weighted by Gasteiger charge is -2.14. The van der Waals surface area contributed by atoms with Gasteiger partial charge in [-0.2, -0.15) is 0 Å². The number of amides is 1. The van der Waals surface area contributed by atoms with Crippen LogP contribution in [-0.2, 0) is 11.4 Å². The molecule has 3 N–H and O–H groups in total. The fourth-order valence-electron chi connectivity index (χ4n) is 3.88. The molecule has 0 aliphatic carbocycles. The molecule has 2 aromatic carbocycles. The van der Waals surface area contributed by atoms with Gasteiger partial charge < -0.3 is 20.7 Å². The third-order valence-corrected chi connectivity index (χ3v) is 5.97. The van der Waals surface area contributed by atoms with Crippen LogP contribution in [0.2, 0.25) is 5.02 Å². The lowest BCUT2D eigenvalue weighted by atomic mass is 10.1. The molecule has 1 atom stereocenters. The molecule has 35 heavy (non-hydrogen) atoms. The molecule has 5 rings (SSSR count). The molecule has 0 bridgehead atoms. The second-order valence-electron chi connectivity index (χ2n) is 8.13. The van der Waals surface area contributed by atoms with Crippen LogP contribution in [0.4, 0.5) is 21.6 Å². The van der Waals surface area contributed by atoms with Crippen molar-refractivity contribution in [1.82, 2.24) is 20.3 Å². The first-order chi connectivity index (χ1) is 17.1. The standard InChI is InChI=1S/C25H22ClFN6O2/c26-18-9-16(5-6-23(18)35-13-15-3-1-7-28-12-15)32-24-17-10-22(19(27)11-21(17)30-14-31-24)33-25(34)20-4-2-8-29-20/h1,3,5-7,9-12,14,20,29H,2,4,8,13H2,(H,33,34)(H,30,31,32)/t20-/m1/s1. The Kier molecular flexibility index (Phi) is 6.69. The molecule has 1 aliphatic heterocycles. The molecule has 3 heterocycles. The van der Waals surface area contributed by atoms with Crippen LogP contribution in [0.1, 0.15) is 18.4 Å². The number of hydrogen-bond donors (Lipinski definition) is 3. The van der Waals surface area contributed by atoms with Crippen molar-refractivity contribution < 1.29 is 13.9 Å². The van der Waals surface area contributed by atoms with E-state index in [1.807, 2.05) is 12.1 Å². The molecule has 1 amide bonds. The molecular weight excluding hydrogens is 471 g/mol. The Hall–Kier alpha value is -3.82. The summed E-state index contributed by atoms with van der Waals surface area (Å²) in [5, 5.41) is 9.95. The molecular formula is C25H22ClFN6O2. The summed E-state index contributed by atoms with van der Waals surface area (Å²) in [6.07, 6.45) is 6.41. The molecule has 4 aromatic rings. The molecule has 0 unspecified atom stereocenters. The van der Waals surface area contributed by atoms with Gasteiger partial charge in [-0.05, 0) is 49.7 Å². The highest BCUT2D eigenvalue weighted by molar-refractivity contribution is 6.32. The highest BCUT2D eigenvalue weighted by atomic mass is 35.5. The second-order valence-corrected chi connectivity index (χ2v) is 8.54. The van der Waals surface area contributed by atoms with Gasteiger partial charge in [0.1, 0.15) is 30.3 Å². The lowest BCUT2D eigenvalue weighted by Crippen LogP contribution is -2.35. The highest BCUT2D eigenvalue weighted by Gasteiger charge is 2.23. The zero-order valence-electron chi connectivity index (χ0n) is 18.6. The van der Waals surface area contributed by atoms with Gasteiger partial charge in [-0.15, -0.1) is 0 Å². The maximum absolute atomic E-state index is 14.7. The normalized spacial score (nSPS) is 15.2. The van der Waals surface area contributed by atoms with E-state index in [9.17, 15) is 9.18 Å². The molecule has 0 saturated carbocycles. The summed E-state index contributed by atoms with van der Waals surface area (Å²) in [4.78, 5) is 25.0. The van der Waals surface area contributed by atoms with E-state index in [4.69, 9.17) is 16.3 Å². The average molecular weight is 493 g/mol. The highest BCUT2D eigenvalue weighted by Crippen LogP contribution is 2.32. The summed E-state index contributed by atoms with van der Waals surface area (Å²) in [5.41, 5.74) is 2.07. The number of rotatable bonds is 7. The number of aromatic nitrogens is 3. The number of fused-ring (bicyclic) bond motifs is 1. The lowest BCUT2D eigenvalue weighted by molar-refractivity contribution is -0.117. The van der Waals surface area contributed by atoms with Crippen molar-refractivity contribution in [2.45, 2.75) is 25.5 Å². The number of carbonyl (C=O) groups is 1. The minimum Gasteiger partial charge on any atom is -0.487 e. The fourth-order valence-corrected chi connectivity index (χ4v) is 4.11. The largest absolute Gasteiger partial charge is 0.487 e. The third kappa shape index (κ3) is 5.31. The Labute approximate surface area is 205 Å². The number of anilines is 3. The Morgan fingerprint density at radius 2 is 2.14 bits per heavy atom. The van der Waals surface area contributed by atoms with E-state index in [1.165, 1.54) is 18.5 Å². The van der Waals surface area contributed by atoms with Gasteiger partial charge in [-0.25, -0.2) is 14.4 Å². The van der Waals surface area contributed by atoms with Crippen LogP contribution < -0.4 is 20.7 Å². The van der Waals surface area contributed by atoms with E-state index in [0.29, 0.717) is 39.8 Å². The van der Waals surface area contributed by atoms with Crippen LogP contribution >= 0.6 is 11.6 Å². The Morgan fingerprint density at radius 1 is 1.23 bits per heavy atom. The molecule has 1 aliphatic rings. The molecule has 1 fully saturated rings. The van der Waals surface area contributed by atoms with Crippen LogP contribution in [0, 0.1) is 5.82 Å². The molecule has 1 saturated heterocycles. The number of hydrogen-bond acceptors (Lipinski definition) is 7. The van der Waals surface area contributed by atoms with Gasteiger partial charge in [0.2, 0.25) is 5.91 Å². The Morgan fingerprint density at radius 3 is 2.91 bits per heavy atom. The van der Waals surface area contributed by atoms with Gasteiger partial charge >= 0.3 is 0 Å². The average Bonchev–Trinajstić information content (AvgIpc) is 3.40. The molecule has 0 spiro atoms. The SMILES string of the molecule is O=C(Nc1cc2c(Nc3ccc(OCc4cccnc4)c(Cl)c3)ncnc2cc1F)[C@H]1CCCN1. The topological polar surface area (TPSA) is 101 Å². The maximum atomic E-state index is 14.7. The number of nitrogens with one attached hydrogen (secondary N) is 3. The number of nitrogens with zero attached hydrogens (tertiary/aromatic N) is 3. The summed E-state index contributed by atoms with van der Waals surface area (Å²) < 4.78 is 20.5. The van der Waals surface area contributed by atoms with E-state index in [-0.39, 0.29) is 17.6 Å². The van der Waals surface area contributed by atoms with Crippen LogP contribution in [0.25, 0.3) is 10.9 Å². The first kappa shape index (κ1) is 22.9. The first-order valence-corrected chi connectivity index (χ1v) is 11.5. The van der Waals surface area contributed by atoms with Gasteiger partial charge in [-0.1, -0.05) is 17.7 Å². The second kappa shape index (κ2) is 10.2. The first-order valence-electron chi connectivity index (χ1n) is 11.1. The summed E-state index contributed by atoms with van der Waals surface area (Å²) in [6.45, 7) is 1.11. The smallest absolute Gasteiger partial charge is 0.241 e. The molecule has 178 valence electrons. The summed E-state index contributed by atoms with van der Waals surface area (Å²) in [5.74, 6) is 0.151. The number of benzene rings is 2. The number of pyridine rings is 1. The van der Waals surface area contributed by atoms with E-state index in [1.54, 1.807) is 30.6 Å². The molecule has 10 heteroatoms. The van der Waals surface area contributed by atoms with Crippen molar-refractivity contribution in [2.75, 3.05) is 17.2 Å². The number of ether oxygens (including phenoxy) is 1. The fraction of sp³-hybridized carbons (Fsp3) is 0.200. The van der Waals surface area contributed by atoms with Crippen molar-refractivity contribution >= 4 is 45.6 Å². The van der Waals surface area contributed by atoms with Crippen LogP contribution in [-0.4, -0.2) is 33.4 Å². The zero-order valence-corrected chi connectivity index (χ0v) is 19.3. The van der Waals surface area contributed by atoms with E-state index in [2.05, 4.69) is 30.9 Å². The monoisotopic (exact) mass is 492 g/mol. The van der Waals surface area contributed by atoms with Crippen molar-refractivity contribution in [3.8, 4) is 5.75 Å². The van der Waals surface area contributed by atoms with Gasteiger partial charge in [0, 0.05) is 35.1 Å². The third-order valence-electron chi connectivity index (χ3n) is 5.67. The summed E-state index contributed by atoms with van der Waals surface area (Å²) >= 11 is 6.43. The number of carbonyl (C=O) groups excluding carboxylic acids is 1. The van der Waals surface area contributed by atoms with Gasteiger partial charge in [0.25, 0.3) is 0 Å². The number of halogens is 2. The van der Waals surface area contributed by atoms with Crippen LogP contribution in [0.5, 0.6) is 5.75 Å². The van der Waals surface area contributed by atoms with Crippen molar-refractivity contribution in [2.24, 2.45) is 0 Å². The predicted molar refractivity (Wildman–Crippen MR) is 132 cm³/mol. The van der Waals surface area contributed by atoms with Gasteiger partial charge in [-0.3, -0.25) is 9.78 Å². The summed E-state index contributed by atoms with van der Waals surface area (Å²) in [6, 6.07) is 11.5. The van der Waals surface area contributed by atoms with E-state index >= 15 is 0 Å². The summed E-state index contributed by atoms with van der Waals surface area (Å²) in [7, 11) is 0. The molecule has 2 aromatic heterocycles. The van der Waals surface area contributed by atoms with Crippen LogP contribution in [0.3, 0.4) is 0 Å². The van der Waals surface area contributed by atoms with E-state index in [0.717, 1.165) is 24.9 Å². The zero-order chi connectivity index (χ0) is 24.2. The van der Waals surface area contributed by atoms with Crippen molar-refractivity contribution in [3.05, 3.63) is 77.6 Å². The van der Waals surface area contributed by atoms with Crippen molar-refractivity contribution in [3.63, 3.8) is 0 Å². The van der Waals surface area contributed by atoms with Gasteiger partial charge in [0.05, 0.1) is 22.3 Å². The van der Waals surface area contributed by atoms with Crippen molar-refractivity contribution in [1.29, 1.82) is 0 Å². The van der Waals surface area contributed by atoms with E-state index < -0.39 is 5.82 Å². The molecule has 8 nitrogen and oxygen atoms in total.